The minimum Gasteiger partial charge on any atom is -0.348 e. The molecule has 0 fully saturated rings. The summed E-state index contributed by atoms with van der Waals surface area (Å²) in [5.41, 5.74) is 1.49. The fraction of sp³-hybridized carbons (Fsp3) is 0.368. The van der Waals surface area contributed by atoms with Gasteiger partial charge in [-0.25, -0.2) is 13.9 Å². The summed E-state index contributed by atoms with van der Waals surface area (Å²) in [5.74, 6) is -0.271. The van der Waals surface area contributed by atoms with Crippen LogP contribution in [0.15, 0.2) is 35.4 Å². The van der Waals surface area contributed by atoms with Gasteiger partial charge in [0.1, 0.15) is 12.4 Å². The van der Waals surface area contributed by atoms with Crippen molar-refractivity contribution in [2.45, 2.75) is 39.9 Å². The van der Waals surface area contributed by atoms with Crippen molar-refractivity contribution in [2.24, 2.45) is 7.05 Å². The maximum atomic E-state index is 13.7. The molecule has 1 N–H and O–H groups in total. The van der Waals surface area contributed by atoms with Crippen molar-refractivity contribution in [3.63, 3.8) is 0 Å². The molecule has 0 saturated carbocycles. The van der Waals surface area contributed by atoms with Crippen molar-refractivity contribution in [3.05, 3.63) is 58.0 Å². The summed E-state index contributed by atoms with van der Waals surface area (Å²) in [6.45, 7) is 5.87. The van der Waals surface area contributed by atoms with E-state index >= 15 is 0 Å². The van der Waals surface area contributed by atoms with Crippen LogP contribution in [-0.4, -0.2) is 30.0 Å². The molecular formula is C19H23FN6O2. The smallest absolute Gasteiger partial charge is 0.346 e. The van der Waals surface area contributed by atoms with Crippen LogP contribution in [-0.2, 0) is 24.9 Å². The number of carbonyl (C=O) groups is 1. The number of halogens is 1. The van der Waals surface area contributed by atoms with Gasteiger partial charge < -0.3 is 5.32 Å². The number of aromatic nitrogens is 5. The topological polar surface area (TPSA) is 86.7 Å². The van der Waals surface area contributed by atoms with Crippen LogP contribution in [0.3, 0.4) is 0 Å². The summed E-state index contributed by atoms with van der Waals surface area (Å²) in [7, 11) is 1.60. The molecule has 1 amide bonds. The summed E-state index contributed by atoms with van der Waals surface area (Å²) in [6, 6.07) is 4.43. The molecule has 0 aliphatic rings. The molecule has 0 spiro atoms. The number of hydrogen-bond donors (Lipinski definition) is 1. The van der Waals surface area contributed by atoms with Gasteiger partial charge in [0, 0.05) is 19.8 Å². The first-order valence-electron chi connectivity index (χ1n) is 9.02. The normalized spacial score (nSPS) is 12.2. The Kier molecular flexibility index (Phi) is 5.43. The van der Waals surface area contributed by atoms with E-state index in [-0.39, 0.29) is 18.3 Å². The van der Waals surface area contributed by atoms with Crippen molar-refractivity contribution < 1.29 is 9.18 Å². The van der Waals surface area contributed by atoms with E-state index in [4.69, 9.17) is 0 Å². The fourth-order valence-corrected chi connectivity index (χ4v) is 2.88. The summed E-state index contributed by atoms with van der Waals surface area (Å²) < 4.78 is 18.0. The monoisotopic (exact) mass is 386 g/mol. The molecule has 9 heteroatoms. The lowest BCUT2D eigenvalue weighted by molar-refractivity contribution is -0.122. The molecule has 3 rings (SSSR count). The number of benzene rings is 1. The molecule has 148 valence electrons. The van der Waals surface area contributed by atoms with E-state index in [2.05, 4.69) is 15.5 Å². The number of nitrogens with zero attached hydrogens (tertiary/aromatic N) is 5. The third-order valence-corrected chi connectivity index (χ3v) is 4.62. The molecule has 0 unspecified atom stereocenters. The van der Waals surface area contributed by atoms with Crippen LogP contribution >= 0.6 is 0 Å². The molecule has 0 bridgehead atoms. The Labute approximate surface area is 161 Å². The minimum atomic E-state index is -0.400. The standard InChI is InChI=1S/C19H23FN6O2/c1-5-25-10-15(9-21-25)18-23-26(19(28)24(18)4)11-17(27)22-13(3)14-7-6-12(2)16(20)8-14/h6-10,13H,5,11H2,1-4H3,(H,22,27)/t13-/m0/s1. The lowest BCUT2D eigenvalue weighted by Gasteiger charge is -2.14. The van der Waals surface area contributed by atoms with E-state index in [0.717, 1.165) is 4.68 Å². The molecule has 2 aromatic heterocycles. The van der Waals surface area contributed by atoms with E-state index in [1.807, 2.05) is 6.92 Å². The van der Waals surface area contributed by atoms with Crippen LogP contribution in [0.1, 0.15) is 31.0 Å². The van der Waals surface area contributed by atoms with Crippen LogP contribution in [0.25, 0.3) is 11.4 Å². The minimum absolute atomic E-state index is 0.229. The van der Waals surface area contributed by atoms with Gasteiger partial charge in [0.15, 0.2) is 5.82 Å². The lowest BCUT2D eigenvalue weighted by atomic mass is 10.1. The van der Waals surface area contributed by atoms with Crippen molar-refractivity contribution in [2.75, 3.05) is 0 Å². The Morgan fingerprint density at radius 2 is 2.11 bits per heavy atom. The second-order valence-corrected chi connectivity index (χ2v) is 6.71. The first-order chi connectivity index (χ1) is 13.3. The third kappa shape index (κ3) is 3.88. The van der Waals surface area contributed by atoms with Crippen molar-refractivity contribution in [1.82, 2.24) is 29.4 Å². The molecule has 3 aromatic rings. The Morgan fingerprint density at radius 1 is 1.36 bits per heavy atom. The number of hydrogen-bond acceptors (Lipinski definition) is 4. The summed E-state index contributed by atoms with van der Waals surface area (Å²) in [5, 5.41) is 11.2. The summed E-state index contributed by atoms with van der Waals surface area (Å²) in [6.07, 6.45) is 3.42. The highest BCUT2D eigenvalue weighted by Gasteiger charge is 2.17. The third-order valence-electron chi connectivity index (χ3n) is 4.62. The van der Waals surface area contributed by atoms with Gasteiger partial charge >= 0.3 is 5.69 Å². The maximum absolute atomic E-state index is 13.7. The first kappa shape index (κ1) is 19.5. The molecule has 1 atom stereocenters. The van der Waals surface area contributed by atoms with Crippen LogP contribution in [0, 0.1) is 12.7 Å². The highest BCUT2D eigenvalue weighted by molar-refractivity contribution is 5.76. The fourth-order valence-electron chi connectivity index (χ4n) is 2.88. The predicted octanol–water partition coefficient (Wildman–Crippen LogP) is 1.79. The van der Waals surface area contributed by atoms with Crippen LogP contribution in [0.5, 0.6) is 0 Å². The van der Waals surface area contributed by atoms with E-state index in [1.165, 1.54) is 10.6 Å². The SMILES string of the molecule is CCn1cc(-c2nn(CC(=O)N[C@@H](C)c3ccc(C)c(F)c3)c(=O)n2C)cn1. The van der Waals surface area contributed by atoms with Gasteiger partial charge in [0.2, 0.25) is 5.91 Å². The average Bonchev–Trinajstić information content (AvgIpc) is 3.24. The molecule has 28 heavy (non-hydrogen) atoms. The van der Waals surface area contributed by atoms with E-state index in [1.54, 1.807) is 50.1 Å². The number of amides is 1. The number of aryl methyl sites for hydroxylation is 2. The zero-order valence-corrected chi connectivity index (χ0v) is 16.3. The molecule has 0 radical (unpaired) electrons. The molecule has 0 aliphatic carbocycles. The Hall–Kier alpha value is -3.23. The van der Waals surface area contributed by atoms with Gasteiger partial charge in [-0.1, -0.05) is 12.1 Å². The van der Waals surface area contributed by atoms with Gasteiger partial charge in [0.25, 0.3) is 0 Å². The molecule has 8 nitrogen and oxygen atoms in total. The van der Waals surface area contributed by atoms with Gasteiger partial charge in [-0.15, -0.1) is 5.10 Å². The molecule has 2 heterocycles. The average molecular weight is 386 g/mol. The highest BCUT2D eigenvalue weighted by Crippen LogP contribution is 2.16. The van der Waals surface area contributed by atoms with Gasteiger partial charge in [-0.2, -0.15) is 5.10 Å². The number of rotatable bonds is 6. The largest absolute Gasteiger partial charge is 0.348 e. The molecule has 1 aromatic carbocycles. The van der Waals surface area contributed by atoms with E-state index in [0.29, 0.717) is 29.1 Å². The van der Waals surface area contributed by atoms with Gasteiger partial charge in [-0.3, -0.25) is 14.0 Å². The highest BCUT2D eigenvalue weighted by atomic mass is 19.1. The van der Waals surface area contributed by atoms with E-state index in [9.17, 15) is 14.0 Å². The number of nitrogens with one attached hydrogen (secondary N) is 1. The van der Waals surface area contributed by atoms with Crippen LogP contribution < -0.4 is 11.0 Å². The number of carbonyl (C=O) groups excluding carboxylic acids is 1. The predicted molar refractivity (Wildman–Crippen MR) is 102 cm³/mol. The second-order valence-electron chi connectivity index (χ2n) is 6.71. The van der Waals surface area contributed by atoms with Crippen LogP contribution in [0.4, 0.5) is 4.39 Å². The maximum Gasteiger partial charge on any atom is 0.346 e. The van der Waals surface area contributed by atoms with Crippen molar-refractivity contribution >= 4 is 5.91 Å². The van der Waals surface area contributed by atoms with Crippen molar-refractivity contribution in [1.29, 1.82) is 0 Å². The molecule has 0 saturated heterocycles. The zero-order chi connectivity index (χ0) is 20.4. The van der Waals surface area contributed by atoms with E-state index < -0.39 is 11.7 Å². The van der Waals surface area contributed by atoms with Crippen molar-refractivity contribution in [3.8, 4) is 11.4 Å². The first-order valence-corrected chi connectivity index (χ1v) is 9.02. The Bertz CT molecular complexity index is 1060. The Morgan fingerprint density at radius 3 is 2.75 bits per heavy atom. The second kappa shape index (κ2) is 7.79. The molecule has 0 aliphatic heterocycles. The Balaban J connectivity index is 1.74. The quantitative estimate of drug-likeness (QED) is 0.700. The van der Waals surface area contributed by atoms with Crippen LogP contribution in [0.2, 0.25) is 0 Å². The molecular weight excluding hydrogens is 363 g/mol. The van der Waals surface area contributed by atoms with Gasteiger partial charge in [-0.05, 0) is 38.0 Å². The summed E-state index contributed by atoms with van der Waals surface area (Å²) >= 11 is 0. The lowest BCUT2D eigenvalue weighted by Crippen LogP contribution is -2.34. The zero-order valence-electron chi connectivity index (χ0n) is 16.3. The van der Waals surface area contributed by atoms with Gasteiger partial charge in [0.05, 0.1) is 17.8 Å². The summed E-state index contributed by atoms with van der Waals surface area (Å²) in [4.78, 5) is 24.8.